The molecule has 2 heterocycles. The third-order valence-electron chi connectivity index (χ3n) is 6.84. The molecule has 0 saturated carbocycles. The molecule has 5 rings (SSSR count). The Morgan fingerprint density at radius 3 is 2.40 bits per heavy atom. The van der Waals surface area contributed by atoms with Gasteiger partial charge in [0.2, 0.25) is 0 Å². The lowest BCUT2D eigenvalue weighted by Gasteiger charge is -2.32. The molecule has 1 aliphatic heterocycles. The van der Waals surface area contributed by atoms with Gasteiger partial charge in [0.1, 0.15) is 11.4 Å². The maximum atomic E-state index is 13.7. The Labute approximate surface area is 207 Å². The van der Waals surface area contributed by atoms with Crippen LogP contribution in [0.15, 0.2) is 84.9 Å². The van der Waals surface area contributed by atoms with Crippen LogP contribution in [-0.4, -0.2) is 40.8 Å². The zero-order chi connectivity index (χ0) is 24.2. The number of amides is 1. The third kappa shape index (κ3) is 5.14. The molecule has 0 unspecified atom stereocenters. The second-order valence-corrected chi connectivity index (χ2v) is 9.32. The normalized spacial score (nSPS) is 14.2. The molecule has 3 aromatic carbocycles. The molecule has 1 amide bonds. The van der Waals surface area contributed by atoms with Crippen molar-refractivity contribution in [1.29, 1.82) is 0 Å². The van der Waals surface area contributed by atoms with E-state index >= 15 is 0 Å². The molecule has 0 aliphatic carbocycles. The van der Waals surface area contributed by atoms with Crippen LogP contribution in [0.25, 0.3) is 16.9 Å². The highest BCUT2D eigenvalue weighted by molar-refractivity contribution is 5.94. The monoisotopic (exact) mass is 465 g/mol. The summed E-state index contributed by atoms with van der Waals surface area (Å²) in [5.41, 5.74) is 5.69. The van der Waals surface area contributed by atoms with Crippen molar-refractivity contribution in [3.63, 3.8) is 0 Å². The number of hydrogen-bond donors (Lipinski definition) is 0. The van der Waals surface area contributed by atoms with Gasteiger partial charge in [0.25, 0.3) is 5.91 Å². The predicted octanol–water partition coefficient (Wildman–Crippen LogP) is 5.95. The Kier molecular flexibility index (Phi) is 6.66. The maximum Gasteiger partial charge on any atom is 0.272 e. The van der Waals surface area contributed by atoms with Gasteiger partial charge in [-0.05, 0) is 68.0 Å². The van der Waals surface area contributed by atoms with Gasteiger partial charge in [-0.15, -0.1) is 0 Å². The van der Waals surface area contributed by atoms with E-state index in [1.165, 1.54) is 11.1 Å². The highest BCUT2D eigenvalue weighted by atomic mass is 16.5. The van der Waals surface area contributed by atoms with Crippen molar-refractivity contribution >= 4 is 5.91 Å². The van der Waals surface area contributed by atoms with Crippen LogP contribution in [0.2, 0.25) is 0 Å². The summed E-state index contributed by atoms with van der Waals surface area (Å²) in [5, 5.41) is 4.86. The highest BCUT2D eigenvalue weighted by Gasteiger charge is 2.27. The average molecular weight is 466 g/mol. The fraction of sp³-hybridized carbons (Fsp3) is 0.267. The lowest BCUT2D eigenvalue weighted by molar-refractivity contribution is 0.0681. The molecule has 0 spiro atoms. The molecular formula is C30H31N3O2. The molecule has 1 aromatic heterocycles. The Hall–Kier alpha value is -3.86. The summed E-state index contributed by atoms with van der Waals surface area (Å²) in [6.45, 7) is 3.59. The van der Waals surface area contributed by atoms with Crippen molar-refractivity contribution in [3.05, 3.63) is 102 Å². The standard InChI is InChI=1S/C30H31N3O2/c1-22-11-13-26(14-12-22)33-29(21-28(31-33)25-9-6-10-27(20-25)35-2)30(34)32-17-15-24(16-18-32)19-23-7-4-3-5-8-23/h3-14,20-21,24H,15-19H2,1-2H3. The SMILES string of the molecule is COc1cccc(-c2cc(C(=O)N3CCC(Cc4ccccc4)CC3)n(-c3ccc(C)cc3)n2)c1. The van der Waals surface area contributed by atoms with Gasteiger partial charge in [-0.2, -0.15) is 5.10 Å². The smallest absolute Gasteiger partial charge is 0.272 e. The Morgan fingerprint density at radius 1 is 0.943 bits per heavy atom. The van der Waals surface area contributed by atoms with Crippen LogP contribution >= 0.6 is 0 Å². The zero-order valence-corrected chi connectivity index (χ0v) is 20.4. The fourth-order valence-corrected chi connectivity index (χ4v) is 4.79. The maximum absolute atomic E-state index is 13.7. The molecule has 5 nitrogen and oxygen atoms in total. The summed E-state index contributed by atoms with van der Waals surface area (Å²) < 4.78 is 7.18. The van der Waals surface area contributed by atoms with Gasteiger partial charge in [0, 0.05) is 18.7 Å². The molecular weight excluding hydrogens is 434 g/mol. The van der Waals surface area contributed by atoms with Crippen LogP contribution in [0.3, 0.4) is 0 Å². The van der Waals surface area contributed by atoms with E-state index in [2.05, 4.69) is 37.3 Å². The number of likely N-dealkylation sites (tertiary alicyclic amines) is 1. The van der Waals surface area contributed by atoms with E-state index in [1.807, 2.05) is 59.5 Å². The lowest BCUT2D eigenvalue weighted by Crippen LogP contribution is -2.39. The van der Waals surface area contributed by atoms with Gasteiger partial charge in [0.15, 0.2) is 0 Å². The van der Waals surface area contributed by atoms with E-state index in [4.69, 9.17) is 9.84 Å². The molecule has 178 valence electrons. The summed E-state index contributed by atoms with van der Waals surface area (Å²) in [5.74, 6) is 1.40. The van der Waals surface area contributed by atoms with Crippen molar-refractivity contribution in [2.75, 3.05) is 20.2 Å². The van der Waals surface area contributed by atoms with E-state index in [0.29, 0.717) is 11.6 Å². The Morgan fingerprint density at radius 2 is 1.69 bits per heavy atom. The molecule has 0 N–H and O–H groups in total. The number of hydrogen-bond acceptors (Lipinski definition) is 3. The van der Waals surface area contributed by atoms with Crippen LogP contribution in [0.1, 0.15) is 34.5 Å². The molecule has 35 heavy (non-hydrogen) atoms. The second-order valence-electron chi connectivity index (χ2n) is 9.32. The largest absolute Gasteiger partial charge is 0.497 e. The number of ether oxygens (including phenoxy) is 1. The van der Waals surface area contributed by atoms with E-state index in [1.54, 1.807) is 11.8 Å². The van der Waals surface area contributed by atoms with E-state index in [9.17, 15) is 4.79 Å². The van der Waals surface area contributed by atoms with E-state index < -0.39 is 0 Å². The molecule has 5 heteroatoms. The molecule has 1 aliphatic rings. The minimum Gasteiger partial charge on any atom is -0.497 e. The van der Waals surface area contributed by atoms with Crippen molar-refractivity contribution in [2.24, 2.45) is 5.92 Å². The van der Waals surface area contributed by atoms with Crippen LogP contribution in [0.4, 0.5) is 0 Å². The minimum absolute atomic E-state index is 0.0328. The minimum atomic E-state index is 0.0328. The number of methoxy groups -OCH3 is 1. The quantitative estimate of drug-likeness (QED) is 0.353. The van der Waals surface area contributed by atoms with Crippen molar-refractivity contribution < 1.29 is 9.53 Å². The summed E-state index contributed by atoms with van der Waals surface area (Å²) in [4.78, 5) is 15.7. The van der Waals surface area contributed by atoms with Crippen LogP contribution < -0.4 is 4.74 Å². The number of benzene rings is 3. The topological polar surface area (TPSA) is 47.4 Å². The zero-order valence-electron chi connectivity index (χ0n) is 20.4. The van der Waals surface area contributed by atoms with Gasteiger partial charge in [-0.3, -0.25) is 4.79 Å². The predicted molar refractivity (Wildman–Crippen MR) is 139 cm³/mol. The first-order valence-corrected chi connectivity index (χ1v) is 12.3. The Balaban J connectivity index is 1.40. The first kappa shape index (κ1) is 22.9. The number of piperidine rings is 1. The van der Waals surface area contributed by atoms with E-state index in [-0.39, 0.29) is 5.91 Å². The molecule has 4 aromatic rings. The fourth-order valence-electron chi connectivity index (χ4n) is 4.79. The van der Waals surface area contributed by atoms with E-state index in [0.717, 1.165) is 55.0 Å². The highest BCUT2D eigenvalue weighted by Crippen LogP contribution is 2.28. The summed E-state index contributed by atoms with van der Waals surface area (Å²) in [7, 11) is 1.65. The summed E-state index contributed by atoms with van der Waals surface area (Å²) >= 11 is 0. The first-order chi connectivity index (χ1) is 17.1. The average Bonchev–Trinajstić information content (AvgIpc) is 3.35. The summed E-state index contributed by atoms with van der Waals surface area (Å²) in [6, 6.07) is 28.5. The molecule has 0 radical (unpaired) electrons. The molecule has 1 saturated heterocycles. The van der Waals surface area contributed by atoms with Crippen molar-refractivity contribution in [2.45, 2.75) is 26.2 Å². The van der Waals surface area contributed by atoms with Crippen molar-refractivity contribution in [3.8, 4) is 22.7 Å². The van der Waals surface area contributed by atoms with Crippen LogP contribution in [0, 0.1) is 12.8 Å². The van der Waals surface area contributed by atoms with Crippen LogP contribution in [0.5, 0.6) is 5.75 Å². The number of carbonyl (C=O) groups is 1. The number of nitrogens with zero attached hydrogens (tertiary/aromatic N) is 3. The number of aromatic nitrogens is 2. The Bertz CT molecular complexity index is 1290. The molecule has 1 fully saturated rings. The number of rotatable bonds is 6. The molecule has 0 bridgehead atoms. The number of aryl methyl sites for hydroxylation is 1. The van der Waals surface area contributed by atoms with Gasteiger partial charge >= 0.3 is 0 Å². The van der Waals surface area contributed by atoms with Crippen molar-refractivity contribution in [1.82, 2.24) is 14.7 Å². The first-order valence-electron chi connectivity index (χ1n) is 12.3. The second kappa shape index (κ2) is 10.2. The lowest BCUT2D eigenvalue weighted by atomic mass is 9.90. The third-order valence-corrected chi connectivity index (χ3v) is 6.84. The van der Waals surface area contributed by atoms with Gasteiger partial charge in [-0.25, -0.2) is 4.68 Å². The number of carbonyl (C=O) groups excluding carboxylic acids is 1. The van der Waals surface area contributed by atoms with Crippen LogP contribution in [-0.2, 0) is 6.42 Å². The van der Waals surface area contributed by atoms with Gasteiger partial charge in [-0.1, -0.05) is 60.2 Å². The van der Waals surface area contributed by atoms with Gasteiger partial charge < -0.3 is 9.64 Å². The molecule has 0 atom stereocenters. The van der Waals surface area contributed by atoms with Gasteiger partial charge in [0.05, 0.1) is 18.5 Å². The summed E-state index contributed by atoms with van der Waals surface area (Å²) in [6.07, 6.45) is 3.11.